The molecule has 27 heavy (non-hydrogen) atoms. The van der Waals surface area contributed by atoms with Gasteiger partial charge in [0.2, 0.25) is 0 Å². The molecule has 1 aliphatic rings. The lowest BCUT2D eigenvalue weighted by Gasteiger charge is -2.17. The van der Waals surface area contributed by atoms with Crippen molar-refractivity contribution in [1.29, 1.82) is 0 Å². The van der Waals surface area contributed by atoms with Crippen LogP contribution in [0.1, 0.15) is 35.4 Å². The summed E-state index contributed by atoms with van der Waals surface area (Å²) in [6.45, 7) is 2.18. The van der Waals surface area contributed by atoms with Crippen LogP contribution in [0.5, 0.6) is 0 Å². The number of hydrogen-bond acceptors (Lipinski definition) is 5. The fourth-order valence-electron chi connectivity index (χ4n) is 3.75. The Morgan fingerprint density at radius 1 is 1.04 bits per heavy atom. The smallest absolute Gasteiger partial charge is 0.164 e. The van der Waals surface area contributed by atoms with Gasteiger partial charge in [0.05, 0.1) is 5.39 Å². The number of aromatic nitrogens is 3. The number of hydrogen-bond donors (Lipinski definition) is 1. The van der Waals surface area contributed by atoms with Crippen molar-refractivity contribution in [1.82, 2.24) is 15.0 Å². The van der Waals surface area contributed by atoms with Gasteiger partial charge in [-0.1, -0.05) is 30.3 Å². The van der Waals surface area contributed by atoms with E-state index in [0.717, 1.165) is 34.9 Å². The third-order valence-electron chi connectivity index (χ3n) is 5.14. The van der Waals surface area contributed by atoms with E-state index >= 15 is 0 Å². The van der Waals surface area contributed by atoms with E-state index in [2.05, 4.69) is 41.5 Å². The number of rotatable bonds is 4. The molecule has 1 N–H and O–H groups in total. The standard InChI is InChI=1S/C22H20N4S/c1-14(15-7-3-2-4-8-15)24-21-19-17-10-5-11-18(17)27-22(19)26-20(25-21)16-9-6-12-23-13-16/h2-4,6-9,12-14H,5,10-11H2,1H3,(H,24,25,26)/t14-/m0/s1. The van der Waals surface area contributed by atoms with Gasteiger partial charge < -0.3 is 5.32 Å². The highest BCUT2D eigenvalue weighted by Crippen LogP contribution is 2.41. The van der Waals surface area contributed by atoms with Gasteiger partial charge in [0.1, 0.15) is 10.6 Å². The van der Waals surface area contributed by atoms with Crippen molar-refractivity contribution in [3.8, 4) is 11.4 Å². The van der Waals surface area contributed by atoms with E-state index in [1.54, 1.807) is 6.20 Å². The summed E-state index contributed by atoms with van der Waals surface area (Å²) in [4.78, 5) is 16.6. The molecule has 0 aliphatic heterocycles. The number of anilines is 1. The first kappa shape index (κ1) is 16.4. The van der Waals surface area contributed by atoms with Gasteiger partial charge >= 0.3 is 0 Å². The number of nitrogens with one attached hydrogen (secondary N) is 1. The molecule has 0 bridgehead atoms. The molecule has 0 radical (unpaired) electrons. The monoisotopic (exact) mass is 372 g/mol. The summed E-state index contributed by atoms with van der Waals surface area (Å²) >= 11 is 1.82. The molecule has 4 nitrogen and oxygen atoms in total. The maximum atomic E-state index is 4.93. The van der Waals surface area contributed by atoms with Crippen LogP contribution in [0.2, 0.25) is 0 Å². The normalized spacial score (nSPS) is 14.3. The van der Waals surface area contributed by atoms with Crippen LogP contribution in [0.25, 0.3) is 21.6 Å². The molecule has 0 fully saturated rings. The lowest BCUT2D eigenvalue weighted by Crippen LogP contribution is -2.09. The van der Waals surface area contributed by atoms with Gasteiger partial charge in [0.25, 0.3) is 0 Å². The van der Waals surface area contributed by atoms with Crippen molar-refractivity contribution in [3.63, 3.8) is 0 Å². The molecule has 0 saturated carbocycles. The van der Waals surface area contributed by atoms with Crippen LogP contribution in [-0.2, 0) is 12.8 Å². The molecule has 0 amide bonds. The van der Waals surface area contributed by atoms with Crippen molar-refractivity contribution in [2.45, 2.75) is 32.2 Å². The minimum Gasteiger partial charge on any atom is -0.363 e. The van der Waals surface area contributed by atoms with Gasteiger partial charge in [-0.3, -0.25) is 4.98 Å². The van der Waals surface area contributed by atoms with E-state index in [9.17, 15) is 0 Å². The number of aryl methyl sites for hydroxylation is 2. The van der Waals surface area contributed by atoms with Crippen LogP contribution in [0.4, 0.5) is 5.82 Å². The van der Waals surface area contributed by atoms with Gasteiger partial charge in [-0.15, -0.1) is 11.3 Å². The predicted molar refractivity (Wildman–Crippen MR) is 111 cm³/mol. The van der Waals surface area contributed by atoms with Crippen LogP contribution in [0.15, 0.2) is 54.9 Å². The maximum absolute atomic E-state index is 4.93. The Morgan fingerprint density at radius 3 is 2.74 bits per heavy atom. The molecule has 5 rings (SSSR count). The first-order chi connectivity index (χ1) is 13.3. The molecule has 1 atom stereocenters. The van der Waals surface area contributed by atoms with Crippen LogP contribution in [0.3, 0.4) is 0 Å². The van der Waals surface area contributed by atoms with Gasteiger partial charge in [-0.25, -0.2) is 9.97 Å². The first-order valence-corrected chi connectivity index (χ1v) is 10.2. The van der Waals surface area contributed by atoms with Gasteiger partial charge in [0, 0.05) is 28.9 Å². The summed E-state index contributed by atoms with van der Waals surface area (Å²) in [6, 6.07) is 14.6. The van der Waals surface area contributed by atoms with Crippen LogP contribution < -0.4 is 5.32 Å². The lowest BCUT2D eigenvalue weighted by molar-refractivity contribution is 0.875. The zero-order chi connectivity index (χ0) is 18.2. The third kappa shape index (κ3) is 2.98. The Hall–Kier alpha value is -2.79. The average Bonchev–Trinajstić information content (AvgIpc) is 3.30. The molecule has 1 aromatic carbocycles. The summed E-state index contributed by atoms with van der Waals surface area (Å²) in [5.41, 5.74) is 3.64. The van der Waals surface area contributed by atoms with Crippen molar-refractivity contribution in [2.24, 2.45) is 0 Å². The highest BCUT2D eigenvalue weighted by molar-refractivity contribution is 7.19. The van der Waals surface area contributed by atoms with Gasteiger partial charge in [0.15, 0.2) is 5.82 Å². The minimum atomic E-state index is 0.169. The number of pyridine rings is 1. The second-order valence-electron chi connectivity index (χ2n) is 6.95. The molecule has 0 spiro atoms. The molecule has 5 heteroatoms. The van der Waals surface area contributed by atoms with Crippen molar-refractivity contribution in [3.05, 3.63) is 70.9 Å². The number of nitrogens with zero attached hydrogens (tertiary/aromatic N) is 3. The van der Waals surface area contributed by atoms with Crippen LogP contribution in [0, 0.1) is 0 Å². The highest BCUT2D eigenvalue weighted by atomic mass is 32.1. The summed E-state index contributed by atoms with van der Waals surface area (Å²) in [5, 5.41) is 4.87. The van der Waals surface area contributed by atoms with E-state index in [4.69, 9.17) is 9.97 Å². The third-order valence-corrected chi connectivity index (χ3v) is 6.32. The van der Waals surface area contributed by atoms with E-state index in [-0.39, 0.29) is 6.04 Å². The molecular formula is C22H20N4S. The van der Waals surface area contributed by atoms with E-state index in [1.165, 1.54) is 27.8 Å². The Morgan fingerprint density at radius 2 is 1.93 bits per heavy atom. The summed E-state index contributed by atoms with van der Waals surface area (Å²) < 4.78 is 0. The van der Waals surface area contributed by atoms with E-state index in [0.29, 0.717) is 0 Å². The Labute approximate surface area is 162 Å². The highest BCUT2D eigenvalue weighted by Gasteiger charge is 2.23. The number of thiophene rings is 1. The fourth-order valence-corrected chi connectivity index (χ4v) is 5.02. The van der Waals surface area contributed by atoms with Crippen molar-refractivity contribution in [2.75, 3.05) is 5.32 Å². The molecule has 0 saturated heterocycles. The Bertz CT molecular complexity index is 1090. The van der Waals surface area contributed by atoms with Gasteiger partial charge in [-0.05, 0) is 49.4 Å². The van der Waals surface area contributed by atoms with Gasteiger partial charge in [-0.2, -0.15) is 0 Å². The van der Waals surface area contributed by atoms with E-state index < -0.39 is 0 Å². The molecule has 3 heterocycles. The molecule has 3 aromatic heterocycles. The fraction of sp³-hybridized carbons (Fsp3) is 0.227. The molecule has 1 aliphatic carbocycles. The molecular weight excluding hydrogens is 352 g/mol. The van der Waals surface area contributed by atoms with Crippen LogP contribution >= 0.6 is 11.3 Å². The SMILES string of the molecule is C[C@H](Nc1nc(-c2cccnc2)nc2sc3c(c12)CCC3)c1ccccc1. The molecule has 0 unspecified atom stereocenters. The average molecular weight is 372 g/mol. The zero-order valence-corrected chi connectivity index (χ0v) is 16.0. The van der Waals surface area contributed by atoms with Crippen molar-refractivity contribution >= 4 is 27.4 Å². The Kier molecular flexibility index (Phi) is 4.09. The lowest BCUT2D eigenvalue weighted by atomic mass is 10.1. The number of fused-ring (bicyclic) bond motifs is 3. The van der Waals surface area contributed by atoms with E-state index in [1.807, 2.05) is 35.7 Å². The summed E-state index contributed by atoms with van der Waals surface area (Å²) in [7, 11) is 0. The summed E-state index contributed by atoms with van der Waals surface area (Å²) in [5.74, 6) is 1.67. The second kappa shape index (κ2) is 6.74. The van der Waals surface area contributed by atoms with Crippen LogP contribution in [-0.4, -0.2) is 15.0 Å². The first-order valence-electron chi connectivity index (χ1n) is 9.34. The predicted octanol–water partition coefficient (Wildman–Crippen LogP) is 5.42. The topological polar surface area (TPSA) is 50.7 Å². The summed E-state index contributed by atoms with van der Waals surface area (Å²) in [6.07, 6.45) is 7.12. The molecule has 134 valence electrons. The second-order valence-corrected chi connectivity index (χ2v) is 8.04. The minimum absolute atomic E-state index is 0.169. The maximum Gasteiger partial charge on any atom is 0.164 e. The largest absolute Gasteiger partial charge is 0.363 e. The number of benzene rings is 1. The quantitative estimate of drug-likeness (QED) is 0.520. The zero-order valence-electron chi connectivity index (χ0n) is 15.1. The van der Waals surface area contributed by atoms with Crippen molar-refractivity contribution < 1.29 is 0 Å². The molecule has 4 aromatic rings. The Balaban J connectivity index is 1.64.